The number of hydrogen-bond donors (Lipinski definition) is 3. The Labute approximate surface area is 316 Å². The molecule has 1 saturated carbocycles. The average Bonchev–Trinajstić information content (AvgIpc) is 3.92. The van der Waals surface area contributed by atoms with Gasteiger partial charge in [0.25, 0.3) is 5.91 Å². The molecule has 9 rings (SSSR count). The fourth-order valence-corrected chi connectivity index (χ4v) is 9.72. The lowest BCUT2D eigenvalue weighted by molar-refractivity contribution is -0.0721. The third-order valence-electron chi connectivity index (χ3n) is 12.1. The Morgan fingerprint density at radius 2 is 1.31 bits per heavy atom. The second-order valence-corrected chi connectivity index (χ2v) is 15.0. The van der Waals surface area contributed by atoms with Crippen molar-refractivity contribution in [3.63, 3.8) is 0 Å². The first-order valence-corrected chi connectivity index (χ1v) is 19.4. The molecular formula is C46H46N6O2. The molecule has 0 radical (unpaired) electrons. The van der Waals surface area contributed by atoms with Gasteiger partial charge in [-0.25, -0.2) is 9.67 Å². The number of para-hydroxylation sites is 1. The van der Waals surface area contributed by atoms with E-state index in [1.54, 1.807) is 6.33 Å². The fourth-order valence-electron chi connectivity index (χ4n) is 9.72. The van der Waals surface area contributed by atoms with Crippen LogP contribution in [-0.2, 0) is 5.54 Å². The van der Waals surface area contributed by atoms with Crippen LogP contribution in [0.5, 0.6) is 0 Å². The molecule has 5 aromatic carbocycles. The number of aliphatic hydroxyl groups excluding tert-OH is 1. The van der Waals surface area contributed by atoms with Crippen LogP contribution in [0.15, 0.2) is 152 Å². The summed E-state index contributed by atoms with van der Waals surface area (Å²) in [5.74, 6) is 0.775. The molecule has 3 aliphatic rings. The smallest absolute Gasteiger partial charge is 0.251 e. The van der Waals surface area contributed by atoms with Crippen LogP contribution in [0, 0.1) is 11.8 Å². The zero-order chi connectivity index (χ0) is 36.5. The van der Waals surface area contributed by atoms with Crippen molar-refractivity contribution in [3.8, 4) is 0 Å². The molecule has 1 unspecified atom stereocenters. The lowest BCUT2D eigenvalue weighted by Crippen LogP contribution is -2.52. The molecule has 272 valence electrons. The molecule has 3 heterocycles. The lowest BCUT2D eigenvalue weighted by atomic mass is 9.76. The van der Waals surface area contributed by atoms with Crippen molar-refractivity contribution in [1.29, 1.82) is 0 Å². The Morgan fingerprint density at radius 1 is 0.741 bits per heavy atom. The molecule has 8 heteroatoms. The van der Waals surface area contributed by atoms with Crippen molar-refractivity contribution in [2.24, 2.45) is 11.8 Å². The predicted octanol–water partition coefficient (Wildman–Crippen LogP) is 7.96. The Hall–Kier alpha value is -5.57. The number of carbonyl (C=O) groups is 1. The van der Waals surface area contributed by atoms with Crippen molar-refractivity contribution in [2.45, 2.75) is 62.0 Å². The summed E-state index contributed by atoms with van der Waals surface area (Å²) in [5, 5.41) is 24.8. The van der Waals surface area contributed by atoms with Crippen molar-refractivity contribution >= 4 is 11.6 Å². The van der Waals surface area contributed by atoms with Crippen molar-refractivity contribution in [2.75, 3.05) is 11.9 Å². The summed E-state index contributed by atoms with van der Waals surface area (Å²) in [6, 6.07) is 49.4. The molecule has 1 aromatic heterocycles. The maximum absolute atomic E-state index is 13.4. The number of rotatable bonds is 9. The highest BCUT2D eigenvalue weighted by molar-refractivity contribution is 5.94. The molecule has 6 atom stereocenters. The van der Waals surface area contributed by atoms with E-state index >= 15 is 0 Å². The van der Waals surface area contributed by atoms with E-state index in [9.17, 15) is 9.90 Å². The van der Waals surface area contributed by atoms with Gasteiger partial charge in [-0.3, -0.25) is 9.69 Å². The molecule has 2 aliphatic heterocycles. The summed E-state index contributed by atoms with van der Waals surface area (Å²) >= 11 is 0. The van der Waals surface area contributed by atoms with Crippen LogP contribution >= 0.6 is 0 Å². The number of nitrogens with one attached hydrogen (secondary N) is 2. The highest BCUT2D eigenvalue weighted by atomic mass is 16.3. The quantitative estimate of drug-likeness (QED) is 0.132. The molecule has 8 nitrogen and oxygen atoms in total. The van der Waals surface area contributed by atoms with E-state index in [1.807, 2.05) is 30.3 Å². The molecule has 54 heavy (non-hydrogen) atoms. The van der Waals surface area contributed by atoms with E-state index in [1.165, 1.54) is 5.56 Å². The van der Waals surface area contributed by atoms with Gasteiger partial charge in [0.05, 0.1) is 6.04 Å². The zero-order valence-electron chi connectivity index (χ0n) is 30.3. The number of nitrogens with zero attached hydrogens (tertiary/aromatic N) is 4. The summed E-state index contributed by atoms with van der Waals surface area (Å²) in [6.45, 7) is 0.730. The maximum Gasteiger partial charge on any atom is 0.251 e. The molecule has 6 aromatic rings. The summed E-state index contributed by atoms with van der Waals surface area (Å²) in [5.41, 5.74) is 5.33. The molecule has 3 N–H and O–H groups in total. The number of likely N-dealkylation sites (tertiary alicyclic amines) is 1. The Bertz CT molecular complexity index is 2080. The Balaban J connectivity index is 1.12. The largest absolute Gasteiger partial charge is 0.378 e. The predicted molar refractivity (Wildman–Crippen MR) is 211 cm³/mol. The minimum Gasteiger partial charge on any atom is -0.378 e. The van der Waals surface area contributed by atoms with E-state index in [0.29, 0.717) is 5.56 Å². The number of anilines is 1. The summed E-state index contributed by atoms with van der Waals surface area (Å²) in [7, 11) is 0. The van der Waals surface area contributed by atoms with Gasteiger partial charge < -0.3 is 15.7 Å². The minimum atomic E-state index is -0.812. The summed E-state index contributed by atoms with van der Waals surface area (Å²) < 4.78 is 2.14. The van der Waals surface area contributed by atoms with E-state index in [4.69, 9.17) is 10.1 Å². The normalized spacial score (nSPS) is 23.1. The fraction of sp³-hybridized carbons (Fsp3) is 0.283. The van der Waals surface area contributed by atoms with Gasteiger partial charge in [0.2, 0.25) is 0 Å². The van der Waals surface area contributed by atoms with Crippen LogP contribution < -0.4 is 10.6 Å². The van der Waals surface area contributed by atoms with Gasteiger partial charge >= 0.3 is 0 Å². The molecule has 0 bridgehead atoms. The second kappa shape index (κ2) is 14.7. The molecule has 0 spiro atoms. The molecule has 2 fully saturated rings. The topological polar surface area (TPSA) is 95.3 Å². The van der Waals surface area contributed by atoms with E-state index in [2.05, 4.69) is 135 Å². The zero-order valence-corrected chi connectivity index (χ0v) is 30.3. The third-order valence-corrected chi connectivity index (χ3v) is 12.1. The molecule has 1 aliphatic carbocycles. The maximum atomic E-state index is 13.4. The first-order valence-electron chi connectivity index (χ1n) is 19.4. The van der Waals surface area contributed by atoms with E-state index in [-0.39, 0.29) is 35.9 Å². The lowest BCUT2D eigenvalue weighted by Gasteiger charge is -2.45. The number of carbonyl (C=O) groups excluding carboxylic acids is 1. The summed E-state index contributed by atoms with van der Waals surface area (Å²) in [6.07, 6.45) is 5.62. The molecular weight excluding hydrogens is 669 g/mol. The van der Waals surface area contributed by atoms with Crippen LogP contribution in [-0.4, -0.2) is 49.5 Å². The van der Waals surface area contributed by atoms with E-state index < -0.39 is 11.8 Å². The van der Waals surface area contributed by atoms with Crippen LogP contribution in [0.3, 0.4) is 0 Å². The summed E-state index contributed by atoms with van der Waals surface area (Å²) in [4.78, 5) is 20.8. The van der Waals surface area contributed by atoms with Crippen molar-refractivity contribution in [3.05, 3.63) is 186 Å². The van der Waals surface area contributed by atoms with Crippen LogP contribution in [0.25, 0.3) is 0 Å². The second-order valence-electron chi connectivity index (χ2n) is 15.0. The minimum absolute atomic E-state index is 0.0559. The van der Waals surface area contributed by atoms with Gasteiger partial charge in [-0.05, 0) is 59.7 Å². The van der Waals surface area contributed by atoms with Crippen molar-refractivity contribution < 1.29 is 9.90 Å². The first kappa shape index (κ1) is 34.2. The van der Waals surface area contributed by atoms with Gasteiger partial charge in [-0.2, -0.15) is 5.10 Å². The molecule has 1 saturated heterocycles. The van der Waals surface area contributed by atoms with Gasteiger partial charge in [0.1, 0.15) is 18.1 Å². The number of amides is 1. The standard InChI is InChI=1S/C46H46N6O2/c53-44(32-17-5-1-6-18-32)50-40-28-16-14-26-37(40)45(54)51-30-29-38-41(49-39-27-15-13-25-36(39)42(38)51)43-47-31-48-52(43)46(33-19-7-2-8-20-33,34-21-9-3-10-22-34)35-23-11-4-12-24-35/h1-13,15,17-25,27,31,37-38,40-42,45,49,54H,14,16,26,28-30H2,(H,50,53)/t37-,38+,40+,41+,42-,45?/m0/s1. The highest BCUT2D eigenvalue weighted by Crippen LogP contribution is 2.53. The number of hydrogen-bond acceptors (Lipinski definition) is 6. The molecule has 1 amide bonds. The van der Waals surface area contributed by atoms with Crippen LogP contribution in [0.4, 0.5) is 5.69 Å². The highest BCUT2D eigenvalue weighted by Gasteiger charge is 2.51. The first-order chi connectivity index (χ1) is 26.6. The Morgan fingerprint density at radius 3 is 1.96 bits per heavy atom. The van der Waals surface area contributed by atoms with Gasteiger partial charge in [-0.15, -0.1) is 0 Å². The van der Waals surface area contributed by atoms with Crippen molar-refractivity contribution in [1.82, 2.24) is 25.0 Å². The van der Waals surface area contributed by atoms with Gasteiger partial charge in [0, 0.05) is 41.7 Å². The number of aromatic nitrogens is 3. The van der Waals surface area contributed by atoms with E-state index in [0.717, 1.165) is 66.9 Å². The van der Waals surface area contributed by atoms with Crippen LogP contribution in [0.1, 0.15) is 82.6 Å². The SMILES string of the molecule is O=C(N[C@@H]1CCCC[C@@H]1C(O)N1CC[C@@H]2[C@H](c3ncnn3C(c3ccccc3)(c3ccccc3)c3ccccc3)Nc3ccccc3[C@@H]21)c1ccccc1. The third kappa shape index (κ3) is 5.90. The Kier molecular flexibility index (Phi) is 9.31. The number of fused-ring (bicyclic) bond motifs is 3. The number of benzene rings is 5. The van der Waals surface area contributed by atoms with Crippen LogP contribution in [0.2, 0.25) is 0 Å². The number of aliphatic hydroxyl groups is 1. The van der Waals surface area contributed by atoms with Gasteiger partial charge in [-0.1, -0.05) is 140 Å². The average molecular weight is 715 g/mol. The van der Waals surface area contributed by atoms with Gasteiger partial charge in [0.15, 0.2) is 5.82 Å². The monoisotopic (exact) mass is 714 g/mol.